The monoisotopic (exact) mass is 823 g/mol. The van der Waals surface area contributed by atoms with Gasteiger partial charge in [0.2, 0.25) is 0 Å². The zero-order chi connectivity index (χ0) is 30.3. The molecule has 2 N–H and O–H groups in total. The van der Waals surface area contributed by atoms with E-state index in [1.165, 1.54) is 17.9 Å². The molecule has 0 saturated heterocycles. The molecule has 0 aliphatic heterocycles. The highest BCUT2D eigenvalue weighted by molar-refractivity contribution is 14.2. The predicted octanol–water partition coefficient (Wildman–Crippen LogP) is 8.18. The molecular formula is C32H27I2NO5S2. The van der Waals surface area contributed by atoms with Crippen molar-refractivity contribution in [2.45, 2.75) is 44.8 Å². The van der Waals surface area contributed by atoms with E-state index in [9.17, 15) is 14.7 Å². The lowest BCUT2D eigenvalue weighted by molar-refractivity contribution is -0.139. The molecule has 10 heteroatoms. The van der Waals surface area contributed by atoms with Gasteiger partial charge in [0.25, 0.3) is 0 Å². The zero-order valence-electron chi connectivity index (χ0n) is 23.0. The van der Waals surface area contributed by atoms with Gasteiger partial charge < -0.3 is 19.9 Å². The van der Waals surface area contributed by atoms with Crippen molar-refractivity contribution in [3.05, 3.63) is 88.5 Å². The molecule has 0 radical (unpaired) electrons. The standard InChI is InChI=1S/C32H27I2NO5S2/c1-32(2,3)40-23-8-4-20(5-9-23)18-29(30(36)37)35-31(38)39-19-28-26-16-21(12-14-41-33)6-10-24(26)25-11-7-22(13-15-42-34)17-27(25)28/h4-11,16-17,28-29H,18-19H2,1-3H3,(H,35,38)(H,36,37)/t29-/m0/s1. The van der Waals surface area contributed by atoms with Crippen LogP contribution in [0.2, 0.25) is 0 Å². The molecule has 1 aliphatic carbocycles. The summed E-state index contributed by atoms with van der Waals surface area (Å²) in [6, 6.07) is 18.1. The molecule has 3 aromatic carbocycles. The summed E-state index contributed by atoms with van der Waals surface area (Å²) in [6.45, 7) is 5.90. The Morgan fingerprint density at radius 2 is 1.48 bits per heavy atom. The molecule has 1 atom stereocenters. The van der Waals surface area contributed by atoms with Crippen molar-refractivity contribution >= 4 is 72.3 Å². The molecule has 42 heavy (non-hydrogen) atoms. The number of nitrogens with one attached hydrogen (secondary N) is 1. The van der Waals surface area contributed by atoms with Crippen molar-refractivity contribution in [3.8, 4) is 39.2 Å². The quantitative estimate of drug-likeness (QED) is 0.184. The van der Waals surface area contributed by atoms with Crippen LogP contribution in [0, 0.1) is 22.3 Å². The fourth-order valence-corrected chi connectivity index (χ4v) is 5.65. The van der Waals surface area contributed by atoms with E-state index < -0.39 is 18.1 Å². The average Bonchev–Trinajstić information content (AvgIpc) is 3.25. The van der Waals surface area contributed by atoms with E-state index in [0.717, 1.165) is 38.9 Å². The number of fused-ring (bicyclic) bond motifs is 3. The van der Waals surface area contributed by atoms with Gasteiger partial charge in [0.05, 0.1) is 0 Å². The molecule has 1 aliphatic rings. The Morgan fingerprint density at radius 1 is 0.929 bits per heavy atom. The van der Waals surface area contributed by atoms with E-state index in [2.05, 4.69) is 70.1 Å². The van der Waals surface area contributed by atoms with Gasteiger partial charge in [-0.3, -0.25) is 0 Å². The van der Waals surface area contributed by atoms with Crippen LogP contribution in [-0.4, -0.2) is 35.4 Å². The summed E-state index contributed by atoms with van der Waals surface area (Å²) in [5.74, 6) is 5.57. The van der Waals surface area contributed by atoms with Gasteiger partial charge in [-0.2, -0.15) is 0 Å². The molecular weight excluding hydrogens is 796 g/mol. The Balaban J connectivity index is 1.50. The molecule has 4 rings (SSSR count). The van der Waals surface area contributed by atoms with Gasteiger partial charge in [-0.1, -0.05) is 36.1 Å². The molecule has 0 spiro atoms. The van der Waals surface area contributed by atoms with Crippen LogP contribution >= 0.6 is 60.3 Å². The second-order valence-corrected chi connectivity index (χ2v) is 13.8. The van der Waals surface area contributed by atoms with Gasteiger partial charge in [0, 0.05) is 65.9 Å². The minimum atomic E-state index is -1.16. The second-order valence-electron chi connectivity index (χ2n) is 10.5. The first-order valence-corrected chi connectivity index (χ1v) is 19.6. The van der Waals surface area contributed by atoms with Gasteiger partial charge in [-0.15, -0.1) is 0 Å². The third kappa shape index (κ3) is 8.75. The molecule has 0 aromatic heterocycles. The minimum Gasteiger partial charge on any atom is -0.488 e. The van der Waals surface area contributed by atoms with Crippen molar-refractivity contribution < 1.29 is 24.2 Å². The third-order valence-corrected chi connectivity index (χ3v) is 8.05. The van der Waals surface area contributed by atoms with E-state index in [4.69, 9.17) is 9.47 Å². The maximum absolute atomic E-state index is 12.9. The first-order chi connectivity index (χ1) is 20.1. The van der Waals surface area contributed by atoms with E-state index in [1.807, 2.05) is 57.2 Å². The van der Waals surface area contributed by atoms with Gasteiger partial charge in [0.15, 0.2) is 0 Å². The first kappa shape index (κ1) is 32.4. The number of ether oxygens (including phenoxy) is 2. The smallest absolute Gasteiger partial charge is 0.407 e. The summed E-state index contributed by atoms with van der Waals surface area (Å²) in [6.07, 6.45) is -0.692. The maximum atomic E-state index is 12.9. The summed E-state index contributed by atoms with van der Waals surface area (Å²) in [5, 5.41) is 18.4. The predicted molar refractivity (Wildman–Crippen MR) is 187 cm³/mol. The lowest BCUT2D eigenvalue weighted by atomic mass is 9.96. The van der Waals surface area contributed by atoms with Crippen molar-refractivity contribution in [3.63, 3.8) is 0 Å². The lowest BCUT2D eigenvalue weighted by Crippen LogP contribution is -2.42. The average molecular weight is 824 g/mol. The number of rotatable bonds is 7. The summed E-state index contributed by atoms with van der Waals surface area (Å²) in [7, 11) is 2.82. The number of hydrogen-bond acceptors (Lipinski definition) is 6. The normalized spacial score (nSPS) is 12.5. The maximum Gasteiger partial charge on any atom is 0.407 e. The molecule has 1 amide bonds. The second kappa shape index (κ2) is 14.8. The Kier molecular flexibility index (Phi) is 11.4. The Bertz CT molecular complexity index is 1530. The van der Waals surface area contributed by atoms with E-state index in [1.54, 1.807) is 24.3 Å². The molecule has 6 nitrogen and oxygen atoms in total. The Hall–Kier alpha value is -2.52. The molecule has 3 aromatic rings. The SMILES string of the molecule is CC(C)(C)Oc1ccc(C[C@H](NC(=O)OCC2c3cc(C#CSI)ccc3-c3ccc(C#CSI)cc32)C(=O)O)cc1. The van der Waals surface area contributed by atoms with Gasteiger partial charge in [-0.05, 0) is 113 Å². The number of aliphatic carboxylic acids is 1. The first-order valence-electron chi connectivity index (χ1n) is 12.9. The number of carboxylic acids is 1. The lowest BCUT2D eigenvalue weighted by Gasteiger charge is -2.21. The molecule has 216 valence electrons. The Labute approximate surface area is 278 Å². The van der Waals surface area contributed by atoms with Crippen molar-refractivity contribution in [2.24, 2.45) is 0 Å². The highest BCUT2D eigenvalue weighted by atomic mass is 127. The van der Waals surface area contributed by atoms with Crippen LogP contribution in [0.25, 0.3) is 11.1 Å². The van der Waals surface area contributed by atoms with Gasteiger partial charge in [-0.25, -0.2) is 9.59 Å². The topological polar surface area (TPSA) is 84.9 Å². The largest absolute Gasteiger partial charge is 0.488 e. The number of halogens is 2. The Morgan fingerprint density at radius 3 is 1.95 bits per heavy atom. The number of benzene rings is 3. The van der Waals surface area contributed by atoms with E-state index in [-0.39, 0.29) is 24.5 Å². The molecule has 0 saturated carbocycles. The zero-order valence-corrected chi connectivity index (χ0v) is 28.9. The number of carboxylic acid groups (broad SMARTS) is 1. The number of carbonyl (C=O) groups is 2. The van der Waals surface area contributed by atoms with Crippen LogP contribution in [-0.2, 0) is 16.0 Å². The van der Waals surface area contributed by atoms with Gasteiger partial charge in [0.1, 0.15) is 24.0 Å². The van der Waals surface area contributed by atoms with Crippen LogP contribution in [0.15, 0.2) is 60.7 Å². The fourth-order valence-electron chi connectivity index (χ4n) is 4.68. The number of alkyl carbamates (subject to hydrolysis) is 1. The van der Waals surface area contributed by atoms with Crippen LogP contribution in [0.1, 0.15) is 54.5 Å². The third-order valence-electron chi connectivity index (χ3n) is 6.37. The van der Waals surface area contributed by atoms with E-state index >= 15 is 0 Å². The van der Waals surface area contributed by atoms with Crippen molar-refractivity contribution in [1.82, 2.24) is 5.32 Å². The van der Waals surface area contributed by atoms with Crippen LogP contribution in [0.5, 0.6) is 5.75 Å². The van der Waals surface area contributed by atoms with Crippen LogP contribution < -0.4 is 10.1 Å². The van der Waals surface area contributed by atoms with Crippen molar-refractivity contribution in [2.75, 3.05) is 6.61 Å². The summed E-state index contributed by atoms with van der Waals surface area (Å²) in [5.41, 5.74) is 6.25. The van der Waals surface area contributed by atoms with Crippen molar-refractivity contribution in [1.29, 1.82) is 0 Å². The number of hydrogen-bond donors (Lipinski definition) is 2. The fraction of sp³-hybridized carbons (Fsp3) is 0.250. The van der Waals surface area contributed by atoms with E-state index in [0.29, 0.717) is 5.75 Å². The molecule has 0 heterocycles. The highest BCUT2D eigenvalue weighted by Crippen LogP contribution is 2.45. The summed E-state index contributed by atoms with van der Waals surface area (Å²) < 4.78 is 11.5. The number of carbonyl (C=O) groups excluding carboxylic acids is 1. The summed E-state index contributed by atoms with van der Waals surface area (Å²) in [4.78, 5) is 24.9. The number of amides is 1. The summed E-state index contributed by atoms with van der Waals surface area (Å²) >= 11 is 4.27. The molecule has 0 bridgehead atoms. The molecule has 0 fully saturated rings. The highest BCUT2D eigenvalue weighted by Gasteiger charge is 2.31. The molecule has 0 unspecified atom stereocenters. The van der Waals surface area contributed by atoms with Crippen LogP contribution in [0.3, 0.4) is 0 Å². The van der Waals surface area contributed by atoms with Gasteiger partial charge >= 0.3 is 12.1 Å². The van der Waals surface area contributed by atoms with Crippen LogP contribution in [0.4, 0.5) is 4.79 Å². The minimum absolute atomic E-state index is 0.0346.